The minimum atomic E-state index is -0.968. The molecule has 0 fully saturated rings. The molecule has 0 unspecified atom stereocenters. The van der Waals surface area contributed by atoms with E-state index in [-0.39, 0.29) is 12.1 Å². The zero-order valence-corrected chi connectivity index (χ0v) is 15.6. The van der Waals surface area contributed by atoms with Crippen molar-refractivity contribution in [3.8, 4) is 6.07 Å². The van der Waals surface area contributed by atoms with Gasteiger partial charge >= 0.3 is 5.97 Å². The van der Waals surface area contributed by atoms with Crippen LogP contribution in [0.3, 0.4) is 0 Å². The molecule has 0 aliphatic heterocycles. The van der Waals surface area contributed by atoms with Crippen LogP contribution < -0.4 is 5.32 Å². The lowest BCUT2D eigenvalue weighted by molar-refractivity contribution is -0.137. The van der Waals surface area contributed by atoms with Crippen LogP contribution in [0, 0.1) is 25.2 Å². The molecular formula is C22H19N3O3. The van der Waals surface area contributed by atoms with Gasteiger partial charge in [0.15, 0.2) is 0 Å². The van der Waals surface area contributed by atoms with E-state index < -0.39 is 11.9 Å². The molecule has 0 atom stereocenters. The SMILES string of the molecule is Cc1ccc(C)c(NC(=O)C(C#N)=Cc2cn(CC(=O)O)c3ccccc23)c1. The van der Waals surface area contributed by atoms with Gasteiger partial charge in [0.05, 0.1) is 0 Å². The third-order valence-corrected chi connectivity index (χ3v) is 4.43. The van der Waals surface area contributed by atoms with Gasteiger partial charge in [0.1, 0.15) is 18.2 Å². The van der Waals surface area contributed by atoms with Crippen LogP contribution in [0.4, 0.5) is 5.69 Å². The third-order valence-electron chi connectivity index (χ3n) is 4.43. The largest absolute Gasteiger partial charge is 0.480 e. The van der Waals surface area contributed by atoms with Gasteiger partial charge < -0.3 is 15.0 Å². The van der Waals surface area contributed by atoms with Crippen molar-refractivity contribution in [2.45, 2.75) is 20.4 Å². The summed E-state index contributed by atoms with van der Waals surface area (Å²) in [5, 5.41) is 22.2. The van der Waals surface area contributed by atoms with Gasteiger partial charge in [-0.15, -0.1) is 0 Å². The van der Waals surface area contributed by atoms with Crippen LogP contribution in [0.1, 0.15) is 16.7 Å². The fraction of sp³-hybridized carbons (Fsp3) is 0.136. The number of carboxylic acid groups (broad SMARTS) is 1. The van der Waals surface area contributed by atoms with Crippen molar-refractivity contribution in [1.29, 1.82) is 5.26 Å². The number of nitrogens with zero attached hydrogens (tertiary/aromatic N) is 2. The minimum Gasteiger partial charge on any atom is -0.480 e. The van der Waals surface area contributed by atoms with Gasteiger partial charge in [0.25, 0.3) is 5.91 Å². The Balaban J connectivity index is 1.99. The van der Waals surface area contributed by atoms with Crippen LogP contribution in [0.15, 0.2) is 54.2 Å². The number of amides is 1. The van der Waals surface area contributed by atoms with E-state index in [4.69, 9.17) is 5.11 Å². The number of anilines is 1. The Morgan fingerprint density at radius 2 is 1.96 bits per heavy atom. The lowest BCUT2D eigenvalue weighted by Crippen LogP contribution is -2.14. The number of fused-ring (bicyclic) bond motifs is 1. The molecule has 28 heavy (non-hydrogen) atoms. The van der Waals surface area contributed by atoms with Crippen molar-refractivity contribution < 1.29 is 14.7 Å². The average Bonchev–Trinajstić information content (AvgIpc) is 2.99. The van der Waals surface area contributed by atoms with Crippen molar-refractivity contribution in [3.63, 3.8) is 0 Å². The number of hydrogen-bond donors (Lipinski definition) is 2. The van der Waals surface area contributed by atoms with Crippen molar-refractivity contribution >= 4 is 34.5 Å². The number of nitrogens with one attached hydrogen (secondary N) is 1. The lowest BCUT2D eigenvalue weighted by Gasteiger charge is -2.08. The molecule has 3 aromatic rings. The first-order chi connectivity index (χ1) is 13.4. The number of para-hydroxylation sites is 1. The van der Waals surface area contributed by atoms with Crippen LogP contribution >= 0.6 is 0 Å². The summed E-state index contributed by atoms with van der Waals surface area (Å²) >= 11 is 0. The molecule has 3 rings (SSSR count). The standard InChI is InChI=1S/C22H19N3O3/c1-14-7-8-15(2)19(9-14)24-22(28)16(11-23)10-17-12-25(13-21(26)27)20-6-4-3-5-18(17)20/h3-10,12H,13H2,1-2H3,(H,24,28)(H,26,27). The van der Waals surface area contributed by atoms with Gasteiger partial charge in [-0.05, 0) is 43.2 Å². The first kappa shape index (κ1) is 18.9. The highest BCUT2D eigenvalue weighted by Gasteiger charge is 2.14. The number of aryl methyl sites for hydroxylation is 2. The Morgan fingerprint density at radius 1 is 1.21 bits per heavy atom. The number of aliphatic carboxylic acids is 1. The number of carboxylic acids is 1. The molecule has 1 heterocycles. The highest BCUT2D eigenvalue weighted by atomic mass is 16.4. The maximum absolute atomic E-state index is 12.6. The molecule has 0 aliphatic carbocycles. The second-order valence-corrected chi connectivity index (χ2v) is 6.57. The normalized spacial score (nSPS) is 11.2. The van der Waals surface area contributed by atoms with E-state index in [0.717, 1.165) is 22.0 Å². The molecule has 2 N–H and O–H groups in total. The monoisotopic (exact) mass is 373 g/mol. The predicted molar refractivity (Wildman–Crippen MR) is 108 cm³/mol. The summed E-state index contributed by atoms with van der Waals surface area (Å²) in [7, 11) is 0. The number of carbonyl (C=O) groups excluding carboxylic acids is 1. The van der Waals surface area contributed by atoms with Crippen LogP contribution in [0.25, 0.3) is 17.0 Å². The Labute approximate surface area is 162 Å². The lowest BCUT2D eigenvalue weighted by atomic mass is 10.1. The van der Waals surface area contributed by atoms with Gasteiger partial charge in [-0.3, -0.25) is 9.59 Å². The third kappa shape index (κ3) is 3.94. The first-order valence-electron chi connectivity index (χ1n) is 8.69. The molecule has 0 spiro atoms. The molecule has 1 aromatic heterocycles. The quantitative estimate of drug-likeness (QED) is 0.524. The van der Waals surface area contributed by atoms with Crippen molar-refractivity contribution in [3.05, 3.63) is 70.9 Å². The van der Waals surface area contributed by atoms with Gasteiger partial charge in [0.2, 0.25) is 0 Å². The first-order valence-corrected chi connectivity index (χ1v) is 8.69. The van der Waals surface area contributed by atoms with Gasteiger partial charge in [-0.25, -0.2) is 0 Å². The molecule has 6 nitrogen and oxygen atoms in total. The fourth-order valence-electron chi connectivity index (χ4n) is 3.03. The van der Waals surface area contributed by atoms with Crippen molar-refractivity contribution in [2.75, 3.05) is 5.32 Å². The maximum atomic E-state index is 12.6. The average molecular weight is 373 g/mol. The summed E-state index contributed by atoms with van der Waals surface area (Å²) in [4.78, 5) is 23.7. The molecule has 6 heteroatoms. The maximum Gasteiger partial charge on any atom is 0.323 e. The summed E-state index contributed by atoms with van der Waals surface area (Å²) in [6.45, 7) is 3.60. The highest BCUT2D eigenvalue weighted by Crippen LogP contribution is 2.24. The molecule has 0 saturated carbocycles. The van der Waals surface area contributed by atoms with Crippen molar-refractivity contribution in [1.82, 2.24) is 4.57 Å². The van der Waals surface area contributed by atoms with Crippen LogP contribution in [-0.4, -0.2) is 21.6 Å². The number of aromatic nitrogens is 1. The molecular weight excluding hydrogens is 354 g/mol. The summed E-state index contributed by atoms with van der Waals surface area (Å²) in [6.07, 6.45) is 3.13. The smallest absolute Gasteiger partial charge is 0.323 e. The second kappa shape index (κ2) is 7.80. The molecule has 2 aromatic carbocycles. The van der Waals surface area contributed by atoms with Gasteiger partial charge in [0, 0.05) is 28.4 Å². The van der Waals surface area contributed by atoms with Crippen LogP contribution in [0.2, 0.25) is 0 Å². The summed E-state index contributed by atoms with van der Waals surface area (Å²) in [5.74, 6) is -1.48. The minimum absolute atomic E-state index is 0.0564. The second-order valence-electron chi connectivity index (χ2n) is 6.57. The Morgan fingerprint density at radius 3 is 2.68 bits per heavy atom. The molecule has 0 radical (unpaired) electrons. The molecule has 0 aliphatic rings. The number of benzene rings is 2. The van der Waals surface area contributed by atoms with Crippen molar-refractivity contribution in [2.24, 2.45) is 0 Å². The zero-order chi connectivity index (χ0) is 20.3. The van der Waals surface area contributed by atoms with E-state index >= 15 is 0 Å². The number of nitriles is 1. The molecule has 140 valence electrons. The van der Waals surface area contributed by atoms with Crippen LogP contribution in [0.5, 0.6) is 0 Å². The van der Waals surface area contributed by atoms with Crippen LogP contribution in [-0.2, 0) is 16.1 Å². The Hall–Kier alpha value is -3.85. The number of carbonyl (C=O) groups is 2. The molecule has 0 bridgehead atoms. The van der Waals surface area contributed by atoms with E-state index in [2.05, 4.69) is 5.32 Å². The fourth-order valence-corrected chi connectivity index (χ4v) is 3.03. The van der Waals surface area contributed by atoms with Gasteiger partial charge in [-0.2, -0.15) is 5.26 Å². The number of rotatable bonds is 5. The summed E-state index contributed by atoms with van der Waals surface area (Å²) in [6, 6.07) is 14.9. The van der Waals surface area contributed by atoms with E-state index in [0.29, 0.717) is 11.3 Å². The predicted octanol–water partition coefficient (Wildman–Crippen LogP) is 3.89. The highest BCUT2D eigenvalue weighted by molar-refractivity contribution is 6.11. The van der Waals surface area contributed by atoms with E-state index in [1.54, 1.807) is 16.8 Å². The van der Waals surface area contributed by atoms with E-state index in [1.165, 1.54) is 6.08 Å². The zero-order valence-electron chi connectivity index (χ0n) is 15.6. The Kier molecular flexibility index (Phi) is 5.28. The number of hydrogen-bond acceptors (Lipinski definition) is 3. The summed E-state index contributed by atoms with van der Waals surface area (Å²) in [5.41, 5.74) is 3.83. The van der Waals surface area contributed by atoms with E-state index in [9.17, 15) is 14.9 Å². The topological polar surface area (TPSA) is 95.1 Å². The summed E-state index contributed by atoms with van der Waals surface area (Å²) < 4.78 is 1.58. The molecule has 1 amide bonds. The molecule has 0 saturated heterocycles. The van der Waals surface area contributed by atoms with E-state index in [1.807, 2.05) is 56.3 Å². The van der Waals surface area contributed by atoms with Gasteiger partial charge in [-0.1, -0.05) is 30.3 Å². The Bertz CT molecular complexity index is 1150.